The summed E-state index contributed by atoms with van der Waals surface area (Å²) >= 11 is 0. The molecule has 2 atom stereocenters. The van der Waals surface area contributed by atoms with Crippen LogP contribution in [-0.2, 0) is 4.74 Å². The van der Waals surface area contributed by atoms with Gasteiger partial charge in [0.1, 0.15) is 19.2 Å². The summed E-state index contributed by atoms with van der Waals surface area (Å²) in [4.78, 5) is 0. The number of hydrogen-bond donors (Lipinski definition) is 0. The summed E-state index contributed by atoms with van der Waals surface area (Å²) in [5.74, 6) is 0. The van der Waals surface area contributed by atoms with Crippen LogP contribution in [0.5, 0.6) is 0 Å². The standard InChI is InChI=1S/C9H20NO/c1-4-9-8-10(3,5-2)6-7-11-9/h9H,4-8H2,1-3H3/q+1. The maximum atomic E-state index is 5.61. The third-order valence-electron chi connectivity index (χ3n) is 2.85. The highest BCUT2D eigenvalue weighted by Gasteiger charge is 2.28. The fourth-order valence-electron chi connectivity index (χ4n) is 1.61. The zero-order chi connectivity index (χ0) is 8.32. The fraction of sp³-hybridized carbons (Fsp3) is 1.00. The lowest BCUT2D eigenvalue weighted by Gasteiger charge is -2.40. The van der Waals surface area contributed by atoms with Crippen LogP contribution in [-0.4, -0.2) is 43.9 Å². The first-order chi connectivity index (χ1) is 5.20. The summed E-state index contributed by atoms with van der Waals surface area (Å²) < 4.78 is 6.80. The average molecular weight is 158 g/mol. The van der Waals surface area contributed by atoms with Gasteiger partial charge in [-0.1, -0.05) is 6.92 Å². The van der Waals surface area contributed by atoms with E-state index >= 15 is 0 Å². The van der Waals surface area contributed by atoms with E-state index in [0.717, 1.165) is 13.0 Å². The monoisotopic (exact) mass is 158 g/mol. The van der Waals surface area contributed by atoms with Gasteiger partial charge in [0.15, 0.2) is 0 Å². The van der Waals surface area contributed by atoms with Crippen LogP contribution in [0.4, 0.5) is 0 Å². The molecule has 0 spiro atoms. The van der Waals surface area contributed by atoms with Gasteiger partial charge in [0.25, 0.3) is 0 Å². The first-order valence-electron chi connectivity index (χ1n) is 4.65. The Morgan fingerprint density at radius 3 is 2.73 bits per heavy atom. The van der Waals surface area contributed by atoms with Gasteiger partial charge >= 0.3 is 0 Å². The molecule has 0 aromatic rings. The molecule has 0 aromatic carbocycles. The second-order valence-corrected chi connectivity index (χ2v) is 3.74. The number of hydrogen-bond acceptors (Lipinski definition) is 1. The summed E-state index contributed by atoms with van der Waals surface area (Å²) in [5.41, 5.74) is 0. The van der Waals surface area contributed by atoms with E-state index in [1.54, 1.807) is 0 Å². The van der Waals surface area contributed by atoms with Crippen LogP contribution >= 0.6 is 0 Å². The molecule has 1 rings (SSSR count). The number of rotatable bonds is 2. The van der Waals surface area contributed by atoms with Crippen molar-refractivity contribution in [1.82, 2.24) is 0 Å². The molecule has 2 nitrogen and oxygen atoms in total. The molecule has 66 valence electrons. The number of likely N-dealkylation sites (N-methyl/N-ethyl adjacent to an activating group) is 1. The minimum Gasteiger partial charge on any atom is -0.367 e. The van der Waals surface area contributed by atoms with Crippen LogP contribution in [0.1, 0.15) is 20.3 Å². The van der Waals surface area contributed by atoms with Gasteiger partial charge in [0.05, 0.1) is 20.2 Å². The zero-order valence-electron chi connectivity index (χ0n) is 7.97. The Morgan fingerprint density at radius 2 is 2.18 bits per heavy atom. The molecule has 2 heteroatoms. The molecule has 1 aliphatic rings. The summed E-state index contributed by atoms with van der Waals surface area (Å²) in [6.45, 7) is 9.04. The Morgan fingerprint density at radius 1 is 1.45 bits per heavy atom. The van der Waals surface area contributed by atoms with Gasteiger partial charge < -0.3 is 9.22 Å². The van der Waals surface area contributed by atoms with Crippen LogP contribution in [0.2, 0.25) is 0 Å². The Kier molecular flexibility index (Phi) is 2.90. The summed E-state index contributed by atoms with van der Waals surface area (Å²) in [5, 5.41) is 0. The highest BCUT2D eigenvalue weighted by molar-refractivity contribution is 4.59. The lowest BCUT2D eigenvalue weighted by molar-refractivity contribution is -0.918. The number of nitrogens with zero attached hydrogens (tertiary/aromatic N) is 1. The minimum atomic E-state index is 0.508. The Labute approximate surface area is 69.7 Å². The van der Waals surface area contributed by atoms with Crippen LogP contribution in [0.25, 0.3) is 0 Å². The van der Waals surface area contributed by atoms with Gasteiger partial charge in [-0.15, -0.1) is 0 Å². The average Bonchev–Trinajstić information content (AvgIpc) is 2.05. The molecule has 0 radical (unpaired) electrons. The zero-order valence-corrected chi connectivity index (χ0v) is 7.97. The highest BCUT2D eigenvalue weighted by atomic mass is 16.5. The maximum Gasteiger partial charge on any atom is 0.106 e. The third-order valence-corrected chi connectivity index (χ3v) is 2.85. The summed E-state index contributed by atoms with van der Waals surface area (Å²) in [6, 6.07) is 0. The SMILES string of the molecule is CCC1C[N+](C)(CC)CCO1. The minimum absolute atomic E-state index is 0.508. The Hall–Kier alpha value is -0.0800. The molecule has 2 unspecified atom stereocenters. The molecule has 1 saturated heterocycles. The van der Waals surface area contributed by atoms with E-state index in [-0.39, 0.29) is 0 Å². The molecule has 1 heterocycles. The molecule has 1 fully saturated rings. The maximum absolute atomic E-state index is 5.61. The smallest absolute Gasteiger partial charge is 0.106 e. The second kappa shape index (κ2) is 3.55. The van der Waals surface area contributed by atoms with E-state index in [9.17, 15) is 0 Å². The molecule has 0 bridgehead atoms. The molecule has 11 heavy (non-hydrogen) atoms. The second-order valence-electron chi connectivity index (χ2n) is 3.74. The van der Waals surface area contributed by atoms with Crippen molar-refractivity contribution in [3.8, 4) is 0 Å². The van der Waals surface area contributed by atoms with E-state index in [2.05, 4.69) is 20.9 Å². The fourth-order valence-corrected chi connectivity index (χ4v) is 1.61. The predicted molar refractivity (Wildman–Crippen MR) is 46.5 cm³/mol. The van der Waals surface area contributed by atoms with Crippen molar-refractivity contribution in [2.75, 3.05) is 33.3 Å². The van der Waals surface area contributed by atoms with Crippen LogP contribution in [0, 0.1) is 0 Å². The van der Waals surface area contributed by atoms with E-state index in [1.807, 2.05) is 0 Å². The van der Waals surface area contributed by atoms with Gasteiger partial charge in [-0.2, -0.15) is 0 Å². The molecule has 0 amide bonds. The Bertz CT molecular complexity index is 127. The van der Waals surface area contributed by atoms with Gasteiger partial charge in [-0.05, 0) is 13.3 Å². The van der Waals surface area contributed by atoms with Crippen LogP contribution < -0.4 is 0 Å². The van der Waals surface area contributed by atoms with Gasteiger partial charge in [0, 0.05) is 0 Å². The summed E-state index contributed by atoms with van der Waals surface area (Å²) in [6.07, 6.45) is 1.67. The highest BCUT2D eigenvalue weighted by Crippen LogP contribution is 2.13. The van der Waals surface area contributed by atoms with Crippen molar-refractivity contribution in [1.29, 1.82) is 0 Å². The Balaban J connectivity index is 2.44. The normalized spacial score (nSPS) is 39.0. The molecule has 0 aliphatic carbocycles. The van der Waals surface area contributed by atoms with E-state index in [4.69, 9.17) is 4.74 Å². The van der Waals surface area contributed by atoms with Gasteiger partial charge in [0.2, 0.25) is 0 Å². The number of ether oxygens (including phenoxy) is 1. The topological polar surface area (TPSA) is 9.23 Å². The van der Waals surface area contributed by atoms with E-state index in [0.29, 0.717) is 6.10 Å². The first kappa shape index (κ1) is 9.01. The van der Waals surface area contributed by atoms with Gasteiger partial charge in [-0.25, -0.2) is 0 Å². The molecular formula is C9H20NO+. The van der Waals surface area contributed by atoms with Crippen LogP contribution in [0.3, 0.4) is 0 Å². The largest absolute Gasteiger partial charge is 0.367 e. The molecule has 0 N–H and O–H groups in total. The van der Waals surface area contributed by atoms with E-state index in [1.165, 1.54) is 24.1 Å². The first-order valence-corrected chi connectivity index (χ1v) is 4.65. The third kappa shape index (κ3) is 2.17. The molecule has 0 saturated carbocycles. The van der Waals surface area contributed by atoms with E-state index < -0.39 is 0 Å². The van der Waals surface area contributed by atoms with Crippen molar-refractivity contribution >= 4 is 0 Å². The van der Waals surface area contributed by atoms with Crippen LogP contribution in [0.15, 0.2) is 0 Å². The predicted octanol–water partition coefficient (Wildman–Crippen LogP) is 1.26. The molecule has 1 aliphatic heterocycles. The summed E-state index contributed by atoms with van der Waals surface area (Å²) in [7, 11) is 2.32. The number of morpholine rings is 1. The lowest BCUT2D eigenvalue weighted by Crippen LogP contribution is -2.55. The van der Waals surface area contributed by atoms with Crippen molar-refractivity contribution < 1.29 is 9.22 Å². The van der Waals surface area contributed by atoms with Gasteiger partial charge in [-0.3, -0.25) is 0 Å². The molecular weight excluding hydrogens is 138 g/mol. The molecule has 0 aromatic heterocycles. The van der Waals surface area contributed by atoms with Crippen molar-refractivity contribution in [2.45, 2.75) is 26.4 Å². The van der Waals surface area contributed by atoms with Crippen molar-refractivity contribution in [2.24, 2.45) is 0 Å². The van der Waals surface area contributed by atoms with Crippen molar-refractivity contribution in [3.63, 3.8) is 0 Å². The quantitative estimate of drug-likeness (QED) is 0.550. The van der Waals surface area contributed by atoms with Crippen molar-refractivity contribution in [3.05, 3.63) is 0 Å². The lowest BCUT2D eigenvalue weighted by atomic mass is 10.2. The number of quaternary nitrogens is 1.